The van der Waals surface area contributed by atoms with Gasteiger partial charge in [-0.15, -0.1) is 0 Å². The van der Waals surface area contributed by atoms with Gasteiger partial charge in [-0.25, -0.2) is 8.42 Å². The van der Waals surface area contributed by atoms with Crippen molar-refractivity contribution >= 4 is 27.5 Å². The minimum Gasteiger partial charge on any atom is -0.457 e. The number of nitrogens with one attached hydrogen (secondary N) is 1. The van der Waals surface area contributed by atoms with Gasteiger partial charge < -0.3 is 15.0 Å². The van der Waals surface area contributed by atoms with Gasteiger partial charge in [-0.05, 0) is 62.2 Å². The van der Waals surface area contributed by atoms with Crippen molar-refractivity contribution in [3.8, 4) is 11.5 Å². The molecule has 8 nitrogen and oxygen atoms in total. The molecule has 3 aromatic carbocycles. The van der Waals surface area contributed by atoms with Crippen molar-refractivity contribution in [2.75, 3.05) is 23.7 Å². The smallest absolute Gasteiger partial charge is 0.244 e. The lowest BCUT2D eigenvalue weighted by atomic mass is 10.1. The highest BCUT2D eigenvalue weighted by atomic mass is 32.2. The van der Waals surface area contributed by atoms with Crippen LogP contribution in [0.5, 0.6) is 11.5 Å². The zero-order valence-electron chi connectivity index (χ0n) is 22.3. The lowest BCUT2D eigenvalue weighted by molar-refractivity contribution is -0.140. The normalized spacial score (nSPS) is 11.9. The van der Waals surface area contributed by atoms with Gasteiger partial charge in [0.05, 0.1) is 11.9 Å². The molecule has 0 aliphatic rings. The maximum absolute atomic E-state index is 13.7. The van der Waals surface area contributed by atoms with E-state index in [9.17, 15) is 18.0 Å². The topological polar surface area (TPSA) is 96.0 Å². The molecule has 38 heavy (non-hydrogen) atoms. The van der Waals surface area contributed by atoms with Gasteiger partial charge in [0.1, 0.15) is 24.1 Å². The number of para-hydroxylation sites is 1. The molecule has 202 valence electrons. The van der Waals surface area contributed by atoms with E-state index < -0.39 is 28.5 Å². The number of carbonyl (C=O) groups is 2. The Morgan fingerprint density at radius 2 is 1.50 bits per heavy atom. The second-order valence-electron chi connectivity index (χ2n) is 9.00. The largest absolute Gasteiger partial charge is 0.457 e. The Kier molecular flexibility index (Phi) is 9.90. The number of sulfonamides is 1. The van der Waals surface area contributed by atoms with Gasteiger partial charge in [0.25, 0.3) is 0 Å². The van der Waals surface area contributed by atoms with Crippen molar-refractivity contribution in [1.29, 1.82) is 0 Å². The second-order valence-corrected chi connectivity index (χ2v) is 10.9. The monoisotopic (exact) mass is 537 g/mol. The van der Waals surface area contributed by atoms with Crippen LogP contribution in [0, 0.1) is 6.92 Å². The minimum absolute atomic E-state index is 0.177. The van der Waals surface area contributed by atoms with Crippen LogP contribution in [0.4, 0.5) is 5.69 Å². The minimum atomic E-state index is -3.82. The molecule has 0 heterocycles. The first kappa shape index (κ1) is 28.7. The SMILES string of the molecule is CCNC(=O)[C@@H](CC)N(Cc1ccc(C)cc1)C(=O)CN(c1ccc(Oc2ccccc2)cc1)S(C)(=O)=O. The third-order valence-electron chi connectivity index (χ3n) is 5.99. The first-order valence-electron chi connectivity index (χ1n) is 12.6. The molecule has 0 radical (unpaired) electrons. The quantitative estimate of drug-likeness (QED) is 0.367. The summed E-state index contributed by atoms with van der Waals surface area (Å²) >= 11 is 0. The van der Waals surface area contributed by atoms with Crippen LogP contribution in [0.3, 0.4) is 0 Å². The summed E-state index contributed by atoms with van der Waals surface area (Å²) in [6, 6.07) is 22.7. The zero-order chi connectivity index (χ0) is 27.7. The Bertz CT molecular complexity index is 1310. The molecule has 0 aliphatic heterocycles. The van der Waals surface area contributed by atoms with Crippen LogP contribution in [-0.2, 0) is 26.2 Å². The molecule has 0 bridgehead atoms. The van der Waals surface area contributed by atoms with Gasteiger partial charge in [-0.1, -0.05) is 55.0 Å². The summed E-state index contributed by atoms with van der Waals surface area (Å²) in [5, 5.41) is 2.79. The van der Waals surface area contributed by atoms with Gasteiger partial charge in [0.15, 0.2) is 0 Å². The fraction of sp³-hybridized carbons (Fsp3) is 0.310. The molecule has 9 heteroatoms. The molecule has 0 unspecified atom stereocenters. The van der Waals surface area contributed by atoms with Crippen LogP contribution in [0.2, 0.25) is 0 Å². The van der Waals surface area contributed by atoms with Crippen molar-refractivity contribution in [2.24, 2.45) is 0 Å². The predicted octanol–water partition coefficient (Wildman–Crippen LogP) is 4.50. The third kappa shape index (κ3) is 7.82. The van der Waals surface area contributed by atoms with Crippen molar-refractivity contribution in [3.05, 3.63) is 90.0 Å². The van der Waals surface area contributed by atoms with E-state index in [0.717, 1.165) is 21.7 Å². The lowest BCUT2D eigenvalue weighted by Crippen LogP contribution is -2.52. The van der Waals surface area contributed by atoms with Crippen LogP contribution >= 0.6 is 0 Å². The molecule has 0 saturated carbocycles. The molecule has 1 atom stereocenters. The van der Waals surface area contributed by atoms with Gasteiger partial charge in [0, 0.05) is 13.1 Å². The Morgan fingerprint density at radius 3 is 2.05 bits per heavy atom. The first-order valence-corrected chi connectivity index (χ1v) is 14.4. The predicted molar refractivity (Wildman–Crippen MR) is 150 cm³/mol. The Labute approximate surface area is 225 Å². The average molecular weight is 538 g/mol. The highest BCUT2D eigenvalue weighted by Crippen LogP contribution is 2.26. The molecule has 0 saturated heterocycles. The van der Waals surface area contributed by atoms with E-state index in [1.165, 1.54) is 4.90 Å². The van der Waals surface area contributed by atoms with E-state index in [0.29, 0.717) is 30.2 Å². The average Bonchev–Trinajstić information content (AvgIpc) is 2.89. The molecule has 2 amide bonds. The van der Waals surface area contributed by atoms with Crippen molar-refractivity contribution in [3.63, 3.8) is 0 Å². The summed E-state index contributed by atoms with van der Waals surface area (Å²) in [6.07, 6.45) is 1.44. The second kappa shape index (κ2) is 13.1. The molecular weight excluding hydrogens is 502 g/mol. The van der Waals surface area contributed by atoms with Crippen LogP contribution in [0.1, 0.15) is 31.4 Å². The van der Waals surface area contributed by atoms with Crippen molar-refractivity contribution in [2.45, 2.75) is 39.8 Å². The van der Waals surface area contributed by atoms with Crippen molar-refractivity contribution < 1.29 is 22.7 Å². The Balaban J connectivity index is 1.88. The third-order valence-corrected chi connectivity index (χ3v) is 7.13. The molecule has 3 rings (SSSR count). The standard InChI is InChI=1S/C29H35N3O5S/c1-5-27(29(34)30-6-2)31(20-23-14-12-22(3)13-15-23)28(33)21-32(38(4,35)36)24-16-18-26(19-17-24)37-25-10-8-7-9-11-25/h7-19,27H,5-6,20-21H2,1-4H3,(H,30,34)/t27-/m1/s1. The van der Waals surface area contributed by atoms with Gasteiger partial charge >= 0.3 is 0 Å². The molecule has 1 N–H and O–H groups in total. The van der Waals surface area contributed by atoms with Crippen LogP contribution < -0.4 is 14.4 Å². The van der Waals surface area contributed by atoms with E-state index in [4.69, 9.17) is 4.74 Å². The molecule has 0 aliphatic carbocycles. The summed E-state index contributed by atoms with van der Waals surface area (Å²) in [6.45, 7) is 5.77. The highest BCUT2D eigenvalue weighted by molar-refractivity contribution is 7.92. The number of anilines is 1. The number of nitrogens with zero attached hydrogens (tertiary/aromatic N) is 2. The summed E-state index contributed by atoms with van der Waals surface area (Å²) in [7, 11) is -3.82. The van der Waals surface area contributed by atoms with Crippen molar-refractivity contribution in [1.82, 2.24) is 10.2 Å². The first-order chi connectivity index (χ1) is 18.1. The summed E-state index contributed by atoms with van der Waals surface area (Å²) in [5.41, 5.74) is 2.24. The van der Waals surface area contributed by atoms with Crippen LogP contribution in [0.25, 0.3) is 0 Å². The highest BCUT2D eigenvalue weighted by Gasteiger charge is 2.31. The Morgan fingerprint density at radius 1 is 0.895 bits per heavy atom. The summed E-state index contributed by atoms with van der Waals surface area (Å²) < 4.78 is 32.4. The van der Waals surface area contributed by atoms with Gasteiger partial charge in [0.2, 0.25) is 21.8 Å². The molecule has 0 spiro atoms. The Hall–Kier alpha value is -3.85. The maximum Gasteiger partial charge on any atom is 0.244 e. The molecule has 0 fully saturated rings. The van der Waals surface area contributed by atoms with E-state index >= 15 is 0 Å². The molecule has 3 aromatic rings. The number of rotatable bonds is 12. The van der Waals surface area contributed by atoms with E-state index in [2.05, 4.69) is 5.32 Å². The van der Waals surface area contributed by atoms with Crippen LogP contribution in [0.15, 0.2) is 78.9 Å². The van der Waals surface area contributed by atoms with E-state index in [1.807, 2.05) is 75.4 Å². The summed E-state index contributed by atoms with van der Waals surface area (Å²) in [5.74, 6) is 0.434. The number of hydrogen-bond acceptors (Lipinski definition) is 5. The maximum atomic E-state index is 13.7. The number of amides is 2. The lowest BCUT2D eigenvalue weighted by Gasteiger charge is -2.32. The fourth-order valence-corrected chi connectivity index (χ4v) is 4.87. The fourth-order valence-electron chi connectivity index (χ4n) is 4.02. The molecular formula is C29H35N3O5S. The van der Waals surface area contributed by atoms with Gasteiger partial charge in [-0.2, -0.15) is 0 Å². The number of carbonyl (C=O) groups excluding carboxylic acids is 2. The molecule has 0 aromatic heterocycles. The van der Waals surface area contributed by atoms with Crippen LogP contribution in [-0.4, -0.2) is 50.5 Å². The number of ether oxygens (including phenoxy) is 1. The number of hydrogen-bond donors (Lipinski definition) is 1. The number of benzene rings is 3. The van der Waals surface area contributed by atoms with E-state index in [1.54, 1.807) is 24.3 Å². The summed E-state index contributed by atoms with van der Waals surface area (Å²) in [4.78, 5) is 28.0. The number of likely N-dealkylation sites (N-methyl/N-ethyl adjacent to an activating group) is 1. The zero-order valence-corrected chi connectivity index (χ0v) is 23.1. The number of aryl methyl sites for hydroxylation is 1. The van der Waals surface area contributed by atoms with Gasteiger partial charge in [-0.3, -0.25) is 13.9 Å². The van der Waals surface area contributed by atoms with E-state index in [-0.39, 0.29) is 12.5 Å².